The van der Waals surface area contributed by atoms with E-state index in [1.54, 1.807) is 12.1 Å². The van der Waals surface area contributed by atoms with Crippen molar-refractivity contribution in [1.29, 1.82) is 5.26 Å². The van der Waals surface area contributed by atoms with Crippen LogP contribution in [0.2, 0.25) is 0 Å². The first kappa shape index (κ1) is 11.0. The number of nitrogen functional groups attached to an aromatic ring is 1. The fourth-order valence-electron chi connectivity index (χ4n) is 1.31. The van der Waals surface area contributed by atoms with Crippen LogP contribution in [0.3, 0.4) is 0 Å². The van der Waals surface area contributed by atoms with E-state index in [1.165, 1.54) is 6.20 Å². The van der Waals surface area contributed by atoms with Crippen molar-refractivity contribution in [3.63, 3.8) is 0 Å². The van der Waals surface area contributed by atoms with Crippen LogP contribution < -0.4 is 10.5 Å². The molecule has 0 bridgehead atoms. The smallest absolute Gasteiger partial charge is 0.140 e. The van der Waals surface area contributed by atoms with Gasteiger partial charge in [-0.15, -0.1) is 0 Å². The molecule has 2 rings (SSSR count). The lowest BCUT2D eigenvalue weighted by atomic mass is 10.2. The molecule has 4 nitrogen and oxygen atoms in total. The van der Waals surface area contributed by atoms with E-state index >= 15 is 0 Å². The molecule has 0 amide bonds. The summed E-state index contributed by atoms with van der Waals surface area (Å²) in [6.45, 7) is 0.452. The van der Waals surface area contributed by atoms with Crippen LogP contribution in [0.4, 0.5) is 5.69 Å². The number of pyridine rings is 1. The number of aromatic nitrogens is 1. The second kappa shape index (κ2) is 4.99. The Bertz CT molecular complexity index is 526. The van der Waals surface area contributed by atoms with E-state index in [-0.39, 0.29) is 0 Å². The van der Waals surface area contributed by atoms with Crippen molar-refractivity contribution in [2.45, 2.75) is 6.61 Å². The maximum atomic E-state index is 8.60. The molecule has 0 aliphatic carbocycles. The summed E-state index contributed by atoms with van der Waals surface area (Å²) in [5.41, 5.74) is 7.73. The van der Waals surface area contributed by atoms with Gasteiger partial charge in [-0.25, -0.2) is 4.98 Å². The van der Waals surface area contributed by atoms with Crippen LogP contribution in [0, 0.1) is 11.3 Å². The lowest BCUT2D eigenvalue weighted by Gasteiger charge is -2.05. The molecule has 0 fully saturated rings. The highest BCUT2D eigenvalue weighted by molar-refractivity contribution is 5.39. The van der Waals surface area contributed by atoms with Crippen molar-refractivity contribution < 1.29 is 4.74 Å². The molecule has 4 heteroatoms. The molecule has 1 aromatic heterocycles. The van der Waals surface area contributed by atoms with Crippen molar-refractivity contribution in [2.75, 3.05) is 5.73 Å². The molecule has 1 heterocycles. The molecule has 0 atom stereocenters. The zero-order valence-corrected chi connectivity index (χ0v) is 9.13. The van der Waals surface area contributed by atoms with Crippen LogP contribution in [-0.2, 0) is 6.61 Å². The molecule has 0 unspecified atom stereocenters. The predicted octanol–water partition coefficient (Wildman–Crippen LogP) is 2.11. The standard InChI is InChI=1S/C13H11N3O/c14-7-12-5-6-13(8-16-12)17-9-10-1-3-11(15)4-2-10/h1-6,8H,9,15H2. The van der Waals surface area contributed by atoms with E-state index < -0.39 is 0 Å². The van der Waals surface area contributed by atoms with E-state index in [2.05, 4.69) is 4.98 Å². The lowest BCUT2D eigenvalue weighted by Crippen LogP contribution is -1.96. The van der Waals surface area contributed by atoms with E-state index in [1.807, 2.05) is 30.3 Å². The van der Waals surface area contributed by atoms with Crippen molar-refractivity contribution in [3.8, 4) is 11.8 Å². The highest BCUT2D eigenvalue weighted by atomic mass is 16.5. The van der Waals surface area contributed by atoms with E-state index in [4.69, 9.17) is 15.7 Å². The minimum Gasteiger partial charge on any atom is -0.487 e. The topological polar surface area (TPSA) is 71.9 Å². The average Bonchev–Trinajstić information content (AvgIpc) is 2.39. The SMILES string of the molecule is N#Cc1ccc(OCc2ccc(N)cc2)cn1. The Morgan fingerprint density at radius 2 is 1.94 bits per heavy atom. The van der Waals surface area contributed by atoms with Gasteiger partial charge in [0.05, 0.1) is 6.20 Å². The number of rotatable bonds is 3. The summed E-state index contributed by atoms with van der Waals surface area (Å²) >= 11 is 0. The third-order valence-corrected chi connectivity index (χ3v) is 2.24. The first-order chi connectivity index (χ1) is 8.28. The van der Waals surface area contributed by atoms with Crippen LogP contribution in [0.5, 0.6) is 5.75 Å². The number of hydrogen-bond acceptors (Lipinski definition) is 4. The first-order valence-electron chi connectivity index (χ1n) is 5.11. The van der Waals surface area contributed by atoms with Gasteiger partial charge in [-0.05, 0) is 29.8 Å². The van der Waals surface area contributed by atoms with Gasteiger partial charge in [0.2, 0.25) is 0 Å². The van der Waals surface area contributed by atoms with E-state index in [0.717, 1.165) is 11.3 Å². The number of hydrogen-bond donors (Lipinski definition) is 1. The van der Waals surface area contributed by atoms with Gasteiger partial charge in [-0.1, -0.05) is 12.1 Å². The molecule has 0 saturated heterocycles. The average molecular weight is 225 g/mol. The van der Waals surface area contributed by atoms with Crippen molar-refractivity contribution in [2.24, 2.45) is 0 Å². The Morgan fingerprint density at radius 3 is 2.53 bits per heavy atom. The predicted molar refractivity (Wildman–Crippen MR) is 64.1 cm³/mol. The molecule has 1 aromatic carbocycles. The highest BCUT2D eigenvalue weighted by Crippen LogP contribution is 2.12. The van der Waals surface area contributed by atoms with Crippen molar-refractivity contribution in [1.82, 2.24) is 4.98 Å². The number of nitrogens with zero attached hydrogens (tertiary/aromatic N) is 2. The third-order valence-electron chi connectivity index (χ3n) is 2.24. The molecule has 0 aliphatic rings. The van der Waals surface area contributed by atoms with E-state index in [0.29, 0.717) is 18.1 Å². The van der Waals surface area contributed by atoms with Crippen molar-refractivity contribution in [3.05, 3.63) is 53.9 Å². The van der Waals surface area contributed by atoms with Gasteiger partial charge in [0.15, 0.2) is 0 Å². The van der Waals surface area contributed by atoms with Crippen LogP contribution in [-0.4, -0.2) is 4.98 Å². The summed E-state index contributed by atoms with van der Waals surface area (Å²) in [6, 6.07) is 12.8. The Labute approximate surface area is 99.3 Å². The number of anilines is 1. The minimum absolute atomic E-state index is 0.379. The molecule has 0 aliphatic heterocycles. The Hall–Kier alpha value is -2.54. The second-order valence-corrected chi connectivity index (χ2v) is 3.52. The Balaban J connectivity index is 1.98. The summed E-state index contributed by atoms with van der Waals surface area (Å²) < 4.78 is 5.52. The molecule has 0 radical (unpaired) electrons. The van der Waals surface area contributed by atoms with Crippen LogP contribution in [0.25, 0.3) is 0 Å². The quantitative estimate of drug-likeness (QED) is 0.812. The van der Waals surface area contributed by atoms with Gasteiger partial charge < -0.3 is 10.5 Å². The maximum absolute atomic E-state index is 8.60. The molecule has 2 N–H and O–H groups in total. The van der Waals surface area contributed by atoms with Gasteiger partial charge in [-0.2, -0.15) is 5.26 Å². The zero-order chi connectivity index (χ0) is 12.1. The number of ether oxygens (including phenoxy) is 1. The fraction of sp³-hybridized carbons (Fsp3) is 0.0769. The summed E-state index contributed by atoms with van der Waals surface area (Å²) in [5.74, 6) is 0.640. The molecule has 17 heavy (non-hydrogen) atoms. The fourth-order valence-corrected chi connectivity index (χ4v) is 1.31. The number of nitriles is 1. The molecule has 0 saturated carbocycles. The third kappa shape index (κ3) is 2.95. The largest absolute Gasteiger partial charge is 0.487 e. The van der Waals surface area contributed by atoms with Gasteiger partial charge in [0.25, 0.3) is 0 Å². The van der Waals surface area contributed by atoms with Gasteiger partial charge in [0.1, 0.15) is 24.1 Å². The number of nitrogens with two attached hydrogens (primary N) is 1. The number of benzene rings is 1. The summed E-state index contributed by atoms with van der Waals surface area (Å²) in [6.07, 6.45) is 1.54. The zero-order valence-electron chi connectivity index (χ0n) is 9.13. The Morgan fingerprint density at radius 1 is 1.18 bits per heavy atom. The molecule has 84 valence electrons. The van der Waals surface area contributed by atoms with E-state index in [9.17, 15) is 0 Å². The normalized spacial score (nSPS) is 9.59. The maximum Gasteiger partial charge on any atom is 0.140 e. The summed E-state index contributed by atoms with van der Waals surface area (Å²) in [7, 11) is 0. The van der Waals surface area contributed by atoms with Gasteiger partial charge >= 0.3 is 0 Å². The lowest BCUT2D eigenvalue weighted by molar-refractivity contribution is 0.305. The van der Waals surface area contributed by atoms with Gasteiger partial charge in [-0.3, -0.25) is 0 Å². The molecular formula is C13H11N3O. The molecule has 2 aromatic rings. The summed E-state index contributed by atoms with van der Waals surface area (Å²) in [4.78, 5) is 3.92. The summed E-state index contributed by atoms with van der Waals surface area (Å²) in [5, 5.41) is 8.60. The van der Waals surface area contributed by atoms with Crippen LogP contribution in [0.1, 0.15) is 11.3 Å². The first-order valence-corrected chi connectivity index (χ1v) is 5.11. The minimum atomic E-state index is 0.379. The monoisotopic (exact) mass is 225 g/mol. The molecule has 0 spiro atoms. The van der Waals surface area contributed by atoms with Crippen molar-refractivity contribution >= 4 is 5.69 Å². The van der Waals surface area contributed by atoms with Gasteiger partial charge in [0, 0.05) is 5.69 Å². The highest BCUT2D eigenvalue weighted by Gasteiger charge is 1.97. The van der Waals surface area contributed by atoms with Crippen LogP contribution in [0.15, 0.2) is 42.6 Å². The Kier molecular flexibility index (Phi) is 3.22. The second-order valence-electron chi connectivity index (χ2n) is 3.52. The van der Waals surface area contributed by atoms with Crippen LogP contribution >= 0.6 is 0 Å². The molecular weight excluding hydrogens is 214 g/mol.